The van der Waals surface area contributed by atoms with Crippen LogP contribution in [0.15, 0.2) is 54.6 Å². The van der Waals surface area contributed by atoms with Gasteiger partial charge in [0.1, 0.15) is 5.69 Å². The van der Waals surface area contributed by atoms with E-state index in [4.69, 9.17) is 0 Å². The number of nitrogens with zero attached hydrogens (tertiary/aromatic N) is 2. The van der Waals surface area contributed by atoms with Crippen molar-refractivity contribution >= 4 is 5.91 Å². The lowest BCUT2D eigenvalue weighted by Gasteiger charge is -2.55. The molecule has 2 heterocycles. The molecule has 0 saturated carbocycles. The van der Waals surface area contributed by atoms with E-state index in [0.29, 0.717) is 25.0 Å². The first-order chi connectivity index (χ1) is 16.5. The average Bonchev–Trinajstić information content (AvgIpc) is 3.10. The van der Waals surface area contributed by atoms with Crippen molar-refractivity contribution in [1.82, 2.24) is 14.8 Å². The summed E-state index contributed by atoms with van der Waals surface area (Å²) in [6.45, 7) is 6.70. The SMILES string of the molecule is CCN(Cc1ccccc1)C(=O)c1c(C)c2c(n1C)CC13CCNC(Cc4ccccc41)C3C2. The summed E-state index contributed by atoms with van der Waals surface area (Å²) >= 11 is 0. The summed E-state index contributed by atoms with van der Waals surface area (Å²) in [5, 5.41) is 3.85. The lowest BCUT2D eigenvalue weighted by molar-refractivity contribution is 0.0741. The Hall–Kier alpha value is -2.85. The molecule has 1 aromatic heterocycles. The molecule has 3 aromatic rings. The zero-order valence-corrected chi connectivity index (χ0v) is 20.6. The number of piperidine rings is 1. The molecule has 34 heavy (non-hydrogen) atoms. The molecule has 4 nitrogen and oxygen atoms in total. The quantitative estimate of drug-likeness (QED) is 0.629. The third kappa shape index (κ3) is 3.11. The van der Waals surface area contributed by atoms with Crippen molar-refractivity contribution in [3.63, 3.8) is 0 Å². The third-order valence-electron chi connectivity index (χ3n) is 9.06. The fourth-order valence-corrected chi connectivity index (χ4v) is 7.36. The summed E-state index contributed by atoms with van der Waals surface area (Å²) in [5.74, 6) is 0.752. The molecular weight excluding hydrogens is 418 g/mol. The minimum absolute atomic E-state index is 0.155. The molecule has 0 spiro atoms. The molecule has 176 valence electrons. The average molecular weight is 454 g/mol. The van der Waals surface area contributed by atoms with Crippen LogP contribution in [0.4, 0.5) is 0 Å². The van der Waals surface area contributed by atoms with Gasteiger partial charge in [-0.3, -0.25) is 4.79 Å². The van der Waals surface area contributed by atoms with Crippen molar-refractivity contribution in [1.29, 1.82) is 0 Å². The van der Waals surface area contributed by atoms with Crippen molar-refractivity contribution in [2.45, 2.75) is 57.5 Å². The smallest absolute Gasteiger partial charge is 0.271 e. The van der Waals surface area contributed by atoms with Gasteiger partial charge in [0.25, 0.3) is 5.91 Å². The number of nitrogens with one attached hydrogen (secondary N) is 1. The van der Waals surface area contributed by atoms with Crippen LogP contribution in [0.2, 0.25) is 0 Å². The highest BCUT2D eigenvalue weighted by atomic mass is 16.2. The molecule has 0 radical (unpaired) electrons. The Morgan fingerprint density at radius 1 is 1.12 bits per heavy atom. The van der Waals surface area contributed by atoms with Gasteiger partial charge in [-0.2, -0.15) is 0 Å². The standard InChI is InChI=1S/C30H35N3O/c1-4-33(19-21-10-6-5-7-11-21)29(34)28-20(2)23-17-25-26-16-22-12-8-9-13-24(22)30(25,14-15-31-26)18-27(23)32(28)3/h5-13,25-26,31H,4,14-19H2,1-3H3. The highest BCUT2D eigenvalue weighted by Crippen LogP contribution is 2.53. The van der Waals surface area contributed by atoms with Crippen molar-refractivity contribution in [2.75, 3.05) is 13.1 Å². The maximum absolute atomic E-state index is 13.9. The van der Waals surface area contributed by atoms with E-state index >= 15 is 0 Å². The van der Waals surface area contributed by atoms with Crippen LogP contribution in [0.1, 0.15) is 57.3 Å². The Morgan fingerprint density at radius 2 is 1.88 bits per heavy atom. The number of carbonyl (C=O) groups is 1. The molecule has 1 N–H and O–H groups in total. The summed E-state index contributed by atoms with van der Waals surface area (Å²) < 4.78 is 2.25. The number of fused-ring (bicyclic) bond motifs is 2. The van der Waals surface area contributed by atoms with Crippen LogP contribution in [0.5, 0.6) is 0 Å². The minimum atomic E-state index is 0.155. The van der Waals surface area contributed by atoms with E-state index < -0.39 is 0 Å². The molecule has 1 saturated heterocycles. The predicted octanol–water partition coefficient (Wildman–Crippen LogP) is 4.57. The number of hydrogen-bond acceptors (Lipinski definition) is 2. The number of benzene rings is 2. The summed E-state index contributed by atoms with van der Waals surface area (Å²) in [6.07, 6.45) is 4.40. The first-order valence-corrected chi connectivity index (χ1v) is 12.9. The van der Waals surface area contributed by atoms with Gasteiger partial charge in [0.05, 0.1) is 0 Å². The van der Waals surface area contributed by atoms with Crippen molar-refractivity contribution in [2.24, 2.45) is 13.0 Å². The van der Waals surface area contributed by atoms with Crippen LogP contribution in [-0.4, -0.2) is 34.5 Å². The lowest BCUT2D eigenvalue weighted by atomic mass is 9.52. The second-order valence-electron chi connectivity index (χ2n) is 10.6. The summed E-state index contributed by atoms with van der Waals surface area (Å²) in [6, 6.07) is 20.0. The first-order valence-electron chi connectivity index (χ1n) is 12.9. The van der Waals surface area contributed by atoms with Gasteiger partial charge in [-0.1, -0.05) is 54.6 Å². The molecule has 3 atom stereocenters. The number of hydrogen-bond donors (Lipinski definition) is 1. The van der Waals surface area contributed by atoms with Gasteiger partial charge in [-0.15, -0.1) is 0 Å². The molecule has 2 aromatic carbocycles. The highest BCUT2D eigenvalue weighted by molar-refractivity contribution is 5.95. The Kier molecular flexibility index (Phi) is 5.18. The summed E-state index contributed by atoms with van der Waals surface area (Å²) in [7, 11) is 2.12. The predicted molar refractivity (Wildman–Crippen MR) is 136 cm³/mol. The normalized spacial score (nSPS) is 24.7. The number of aromatic nitrogens is 1. The number of carbonyl (C=O) groups excluding carboxylic acids is 1. The Morgan fingerprint density at radius 3 is 2.68 bits per heavy atom. The Labute approximate surface area is 203 Å². The summed E-state index contributed by atoms with van der Waals surface area (Å²) in [4.78, 5) is 15.9. The van der Waals surface area contributed by atoms with Gasteiger partial charge < -0.3 is 14.8 Å². The molecule has 1 amide bonds. The molecule has 2 bridgehead atoms. The maximum Gasteiger partial charge on any atom is 0.271 e. The molecule has 3 aliphatic rings. The number of amides is 1. The lowest BCUT2D eigenvalue weighted by Crippen LogP contribution is -2.61. The number of rotatable bonds is 4. The summed E-state index contributed by atoms with van der Waals surface area (Å²) in [5.41, 5.74) is 9.33. The second-order valence-corrected chi connectivity index (χ2v) is 10.6. The van der Waals surface area contributed by atoms with Gasteiger partial charge >= 0.3 is 0 Å². The zero-order valence-electron chi connectivity index (χ0n) is 20.6. The van der Waals surface area contributed by atoms with Gasteiger partial charge in [-0.25, -0.2) is 0 Å². The first kappa shape index (κ1) is 21.7. The van der Waals surface area contributed by atoms with Gasteiger partial charge in [-0.05, 0) is 79.8 Å². The van der Waals surface area contributed by atoms with Crippen LogP contribution in [0.25, 0.3) is 0 Å². The van der Waals surface area contributed by atoms with Crippen molar-refractivity contribution in [3.05, 3.63) is 93.8 Å². The largest absolute Gasteiger partial charge is 0.343 e. The van der Waals surface area contributed by atoms with Gasteiger partial charge in [0.15, 0.2) is 0 Å². The van der Waals surface area contributed by atoms with E-state index in [-0.39, 0.29) is 11.3 Å². The molecule has 2 aliphatic carbocycles. The van der Waals surface area contributed by atoms with E-state index in [1.54, 1.807) is 5.56 Å². The van der Waals surface area contributed by atoms with Crippen molar-refractivity contribution in [3.8, 4) is 0 Å². The third-order valence-corrected chi connectivity index (χ3v) is 9.06. The zero-order chi connectivity index (χ0) is 23.4. The molecule has 1 fully saturated rings. The van der Waals surface area contributed by atoms with E-state index in [1.165, 1.54) is 34.4 Å². The second kappa shape index (κ2) is 8.13. The monoisotopic (exact) mass is 453 g/mol. The minimum Gasteiger partial charge on any atom is -0.343 e. The molecule has 6 rings (SSSR count). The molecule has 3 unspecified atom stereocenters. The molecule has 1 aliphatic heterocycles. The van der Waals surface area contributed by atoms with E-state index in [0.717, 1.165) is 31.5 Å². The van der Waals surface area contributed by atoms with Crippen LogP contribution >= 0.6 is 0 Å². The van der Waals surface area contributed by atoms with Crippen LogP contribution in [-0.2, 0) is 38.3 Å². The maximum atomic E-state index is 13.9. The molecular formula is C30H35N3O. The fraction of sp³-hybridized carbons (Fsp3) is 0.433. The van der Waals surface area contributed by atoms with Gasteiger partial charge in [0, 0.05) is 37.3 Å². The van der Waals surface area contributed by atoms with Gasteiger partial charge in [0.2, 0.25) is 0 Å². The highest BCUT2D eigenvalue weighted by Gasteiger charge is 2.53. The molecule has 4 heteroatoms. The topological polar surface area (TPSA) is 37.3 Å². The Balaban J connectivity index is 1.40. The van der Waals surface area contributed by atoms with E-state index in [2.05, 4.69) is 67.2 Å². The van der Waals surface area contributed by atoms with E-state index in [9.17, 15) is 4.79 Å². The van der Waals surface area contributed by atoms with Crippen molar-refractivity contribution < 1.29 is 4.79 Å². The Bertz CT molecular complexity index is 1240. The fourth-order valence-electron chi connectivity index (χ4n) is 7.36. The van der Waals surface area contributed by atoms with Crippen LogP contribution in [0, 0.1) is 12.8 Å². The van der Waals surface area contributed by atoms with Crippen LogP contribution < -0.4 is 5.32 Å². The van der Waals surface area contributed by atoms with E-state index in [1.807, 2.05) is 23.1 Å². The van der Waals surface area contributed by atoms with Crippen LogP contribution in [0.3, 0.4) is 0 Å².